The van der Waals surface area contributed by atoms with Gasteiger partial charge in [-0.3, -0.25) is 4.79 Å². The molecule has 0 aliphatic rings. The van der Waals surface area contributed by atoms with Gasteiger partial charge in [-0.2, -0.15) is 5.10 Å². The summed E-state index contributed by atoms with van der Waals surface area (Å²) in [4.78, 5) is 17.6. The maximum atomic E-state index is 13.9. The predicted octanol–water partition coefficient (Wildman–Crippen LogP) is 4.85. The Morgan fingerprint density at radius 1 is 0.971 bits per heavy atom. The Morgan fingerprint density at radius 3 is 2.31 bits per heavy atom. The average molecular weight is 482 g/mol. The van der Waals surface area contributed by atoms with Crippen molar-refractivity contribution in [3.63, 3.8) is 0 Å². The summed E-state index contributed by atoms with van der Waals surface area (Å²) >= 11 is 0. The van der Waals surface area contributed by atoms with E-state index in [4.69, 9.17) is 14.2 Å². The Labute approximate surface area is 200 Å². The van der Waals surface area contributed by atoms with Crippen molar-refractivity contribution in [2.24, 2.45) is 0 Å². The smallest absolute Gasteiger partial charge is 0.280 e. The number of rotatable bonds is 8. The third-order valence-corrected chi connectivity index (χ3v) is 5.61. The van der Waals surface area contributed by atoms with Gasteiger partial charge in [-0.25, -0.2) is 18.3 Å². The number of ether oxygens (including phenoxy) is 3. The molecule has 0 aliphatic heterocycles. The second kappa shape index (κ2) is 9.96. The van der Waals surface area contributed by atoms with Gasteiger partial charge in [0.05, 0.1) is 39.3 Å². The fraction of sp³-hybridized carbons (Fsp3) is 0.240. The van der Waals surface area contributed by atoms with Crippen LogP contribution in [0.25, 0.3) is 16.9 Å². The molecular formula is C25H24F2N4O4. The van der Waals surface area contributed by atoms with Crippen molar-refractivity contribution < 1.29 is 27.8 Å². The minimum absolute atomic E-state index is 0.0330. The van der Waals surface area contributed by atoms with Crippen LogP contribution in [0.4, 0.5) is 8.78 Å². The van der Waals surface area contributed by atoms with E-state index in [-0.39, 0.29) is 22.6 Å². The molecule has 35 heavy (non-hydrogen) atoms. The van der Waals surface area contributed by atoms with E-state index in [9.17, 15) is 13.6 Å². The number of carbonyl (C=O) groups is 1. The first kappa shape index (κ1) is 23.9. The number of halogens is 2. The number of carbonyl (C=O) groups excluding carboxylic acids is 1. The lowest BCUT2D eigenvalue weighted by Crippen LogP contribution is -2.26. The van der Waals surface area contributed by atoms with Gasteiger partial charge in [-0.1, -0.05) is 6.07 Å². The molecule has 4 aromatic rings. The highest BCUT2D eigenvalue weighted by molar-refractivity contribution is 6.00. The molecule has 0 saturated heterocycles. The van der Waals surface area contributed by atoms with Crippen LogP contribution in [0.1, 0.15) is 41.0 Å². The topological polar surface area (TPSA) is 87.0 Å². The second-order valence-corrected chi connectivity index (χ2v) is 7.70. The van der Waals surface area contributed by atoms with Crippen LogP contribution in [0.3, 0.4) is 0 Å². The standard InChI is InChI=1S/C25H24F2N4O4/c1-14(16-7-10-21(34-3)22(11-16)35-4)29-25(32)18-13-28-31-20(23(26)27)12-19(30-24(18)31)15-5-8-17(33-2)9-6-15/h5-14,23H,1-4H3,(H,29,32)/t14-/m0/s1. The molecule has 4 rings (SSSR count). The summed E-state index contributed by atoms with van der Waals surface area (Å²) < 4.78 is 44.4. The normalized spacial score (nSPS) is 12.0. The lowest BCUT2D eigenvalue weighted by Gasteiger charge is -2.16. The number of fused-ring (bicyclic) bond motifs is 1. The highest BCUT2D eigenvalue weighted by Gasteiger charge is 2.23. The average Bonchev–Trinajstić information content (AvgIpc) is 3.31. The lowest BCUT2D eigenvalue weighted by molar-refractivity contribution is 0.0941. The number of nitrogens with one attached hydrogen (secondary N) is 1. The third-order valence-electron chi connectivity index (χ3n) is 5.61. The summed E-state index contributed by atoms with van der Waals surface area (Å²) in [5, 5.41) is 6.88. The molecule has 0 radical (unpaired) electrons. The van der Waals surface area contributed by atoms with Crippen LogP contribution in [-0.4, -0.2) is 41.8 Å². The van der Waals surface area contributed by atoms with Gasteiger partial charge >= 0.3 is 0 Å². The molecule has 1 atom stereocenters. The number of aromatic nitrogens is 3. The molecular weight excluding hydrogens is 458 g/mol. The first-order valence-corrected chi connectivity index (χ1v) is 10.7. The van der Waals surface area contributed by atoms with Crippen LogP contribution >= 0.6 is 0 Å². The molecule has 8 nitrogen and oxygen atoms in total. The van der Waals surface area contributed by atoms with Crippen LogP contribution in [0.5, 0.6) is 17.2 Å². The zero-order valence-electron chi connectivity index (χ0n) is 19.6. The largest absolute Gasteiger partial charge is 0.497 e. The van der Waals surface area contributed by atoms with Crippen LogP contribution < -0.4 is 19.5 Å². The van der Waals surface area contributed by atoms with Gasteiger partial charge in [0.2, 0.25) is 0 Å². The Balaban J connectivity index is 1.69. The van der Waals surface area contributed by atoms with E-state index in [2.05, 4.69) is 15.4 Å². The Kier molecular flexibility index (Phi) is 6.81. The van der Waals surface area contributed by atoms with Crippen LogP contribution in [0.15, 0.2) is 54.7 Å². The SMILES string of the molecule is COc1ccc(-c2cc(C(F)F)n3ncc(C(=O)N[C@@H](C)c4ccc(OC)c(OC)c4)c3n2)cc1. The van der Waals surface area contributed by atoms with E-state index in [1.165, 1.54) is 33.6 Å². The summed E-state index contributed by atoms with van der Waals surface area (Å²) in [6, 6.07) is 13.0. The molecule has 1 N–H and O–H groups in total. The highest BCUT2D eigenvalue weighted by atomic mass is 19.3. The highest BCUT2D eigenvalue weighted by Crippen LogP contribution is 2.31. The number of hydrogen-bond donors (Lipinski definition) is 1. The van der Waals surface area contributed by atoms with E-state index in [1.807, 2.05) is 0 Å². The fourth-order valence-corrected chi connectivity index (χ4v) is 3.69. The number of alkyl halides is 2. The first-order valence-electron chi connectivity index (χ1n) is 10.7. The lowest BCUT2D eigenvalue weighted by atomic mass is 10.1. The molecule has 2 heterocycles. The molecule has 0 saturated carbocycles. The van der Waals surface area contributed by atoms with Crippen molar-refractivity contribution in [2.45, 2.75) is 19.4 Å². The maximum absolute atomic E-state index is 13.9. The summed E-state index contributed by atoms with van der Waals surface area (Å²) in [6.07, 6.45) is -1.58. The van der Waals surface area contributed by atoms with Crippen molar-refractivity contribution in [3.8, 4) is 28.5 Å². The minimum atomic E-state index is -2.82. The van der Waals surface area contributed by atoms with Gasteiger partial charge < -0.3 is 19.5 Å². The van der Waals surface area contributed by atoms with Gasteiger partial charge in [0.25, 0.3) is 12.3 Å². The van der Waals surface area contributed by atoms with Gasteiger partial charge in [0, 0.05) is 5.56 Å². The van der Waals surface area contributed by atoms with E-state index in [1.54, 1.807) is 49.4 Å². The summed E-state index contributed by atoms with van der Waals surface area (Å²) in [7, 11) is 4.60. The second-order valence-electron chi connectivity index (χ2n) is 7.70. The molecule has 10 heteroatoms. The van der Waals surface area contributed by atoms with E-state index < -0.39 is 18.4 Å². The number of benzene rings is 2. The molecule has 1 amide bonds. The van der Waals surface area contributed by atoms with Crippen LogP contribution in [-0.2, 0) is 0 Å². The minimum Gasteiger partial charge on any atom is -0.497 e. The number of methoxy groups -OCH3 is 3. The number of nitrogens with zero attached hydrogens (tertiary/aromatic N) is 3. The van der Waals surface area contributed by atoms with Gasteiger partial charge in [0.1, 0.15) is 17.0 Å². The molecule has 0 spiro atoms. The van der Waals surface area contributed by atoms with Gasteiger partial charge in [-0.15, -0.1) is 0 Å². The van der Waals surface area contributed by atoms with Gasteiger partial charge in [-0.05, 0) is 55.0 Å². The first-order chi connectivity index (χ1) is 16.9. The Morgan fingerprint density at radius 2 is 1.69 bits per heavy atom. The van der Waals surface area contributed by atoms with Crippen molar-refractivity contribution in [1.82, 2.24) is 19.9 Å². The van der Waals surface area contributed by atoms with E-state index >= 15 is 0 Å². The maximum Gasteiger partial charge on any atom is 0.280 e. The summed E-state index contributed by atoms with van der Waals surface area (Å²) in [5.41, 5.74) is 1.40. The summed E-state index contributed by atoms with van der Waals surface area (Å²) in [5.74, 6) is 1.21. The van der Waals surface area contributed by atoms with Crippen molar-refractivity contribution >= 4 is 11.6 Å². The van der Waals surface area contributed by atoms with Crippen molar-refractivity contribution in [3.05, 3.63) is 71.5 Å². The molecule has 0 aliphatic carbocycles. The monoisotopic (exact) mass is 482 g/mol. The molecule has 0 fully saturated rings. The molecule has 2 aromatic carbocycles. The van der Waals surface area contributed by atoms with Crippen molar-refractivity contribution in [2.75, 3.05) is 21.3 Å². The summed E-state index contributed by atoms with van der Waals surface area (Å²) in [6.45, 7) is 1.80. The predicted molar refractivity (Wildman–Crippen MR) is 125 cm³/mol. The van der Waals surface area contributed by atoms with E-state index in [0.29, 0.717) is 22.8 Å². The van der Waals surface area contributed by atoms with E-state index in [0.717, 1.165) is 10.1 Å². The van der Waals surface area contributed by atoms with Crippen molar-refractivity contribution in [1.29, 1.82) is 0 Å². The molecule has 182 valence electrons. The quantitative estimate of drug-likeness (QED) is 0.386. The van der Waals surface area contributed by atoms with Gasteiger partial charge in [0.15, 0.2) is 17.1 Å². The van der Waals surface area contributed by atoms with Crippen LogP contribution in [0.2, 0.25) is 0 Å². The molecule has 2 aromatic heterocycles. The fourth-order valence-electron chi connectivity index (χ4n) is 3.69. The zero-order chi connectivity index (χ0) is 25.1. The molecule has 0 bridgehead atoms. The Bertz CT molecular complexity index is 1360. The van der Waals surface area contributed by atoms with Crippen LogP contribution in [0, 0.1) is 0 Å². The molecule has 0 unspecified atom stereocenters. The zero-order valence-corrected chi connectivity index (χ0v) is 19.6. The Hall–Kier alpha value is -4.21. The number of hydrogen-bond acceptors (Lipinski definition) is 6. The third kappa shape index (κ3) is 4.72. The number of amides is 1.